The normalized spacial score (nSPS) is 20.8. The molecule has 5 heteroatoms. The molecule has 0 bridgehead atoms. The fourth-order valence-corrected chi connectivity index (χ4v) is 3.25. The van der Waals surface area contributed by atoms with Gasteiger partial charge in [0.15, 0.2) is 5.78 Å². The van der Waals surface area contributed by atoms with Crippen LogP contribution in [0.3, 0.4) is 0 Å². The van der Waals surface area contributed by atoms with Crippen LogP contribution in [0.4, 0.5) is 0 Å². The number of allylic oxidation sites excluding steroid dienone is 3. The lowest BCUT2D eigenvalue weighted by Crippen LogP contribution is -2.15. The van der Waals surface area contributed by atoms with Gasteiger partial charge in [-0.05, 0) is 25.3 Å². The van der Waals surface area contributed by atoms with Crippen LogP contribution in [-0.4, -0.2) is 33.9 Å². The van der Waals surface area contributed by atoms with E-state index in [4.69, 9.17) is 5.11 Å². The van der Waals surface area contributed by atoms with Gasteiger partial charge in [-0.15, -0.1) is 0 Å². The molecule has 26 heavy (non-hydrogen) atoms. The van der Waals surface area contributed by atoms with Gasteiger partial charge in [-0.1, -0.05) is 63.7 Å². The molecule has 0 aromatic carbocycles. The van der Waals surface area contributed by atoms with Crippen molar-refractivity contribution in [1.29, 1.82) is 0 Å². The van der Waals surface area contributed by atoms with Crippen molar-refractivity contribution >= 4 is 17.5 Å². The van der Waals surface area contributed by atoms with Crippen molar-refractivity contribution in [2.75, 3.05) is 0 Å². The van der Waals surface area contributed by atoms with Gasteiger partial charge >= 0.3 is 5.97 Å². The Labute approximate surface area is 156 Å². The summed E-state index contributed by atoms with van der Waals surface area (Å²) < 4.78 is 0. The van der Waals surface area contributed by atoms with E-state index in [2.05, 4.69) is 6.92 Å². The highest BCUT2D eigenvalue weighted by atomic mass is 16.4. The number of ketones is 2. The first-order valence-electron chi connectivity index (χ1n) is 9.80. The Morgan fingerprint density at radius 2 is 1.88 bits per heavy atom. The van der Waals surface area contributed by atoms with E-state index < -0.39 is 17.9 Å². The van der Waals surface area contributed by atoms with Crippen LogP contribution >= 0.6 is 0 Å². The monoisotopic (exact) mass is 364 g/mol. The number of rotatable bonds is 14. The smallest absolute Gasteiger partial charge is 0.372 e. The molecule has 2 N–H and O–H groups in total. The highest BCUT2D eigenvalue weighted by Gasteiger charge is 2.27. The summed E-state index contributed by atoms with van der Waals surface area (Å²) in [6.07, 6.45) is 14.9. The van der Waals surface area contributed by atoms with E-state index in [0.717, 1.165) is 51.4 Å². The van der Waals surface area contributed by atoms with Gasteiger partial charge in [-0.3, -0.25) is 9.59 Å². The largest absolute Gasteiger partial charge is 0.476 e. The minimum absolute atomic E-state index is 0.0527. The first-order chi connectivity index (χ1) is 12.5. The second-order valence-electron chi connectivity index (χ2n) is 7.07. The van der Waals surface area contributed by atoms with Gasteiger partial charge in [0.1, 0.15) is 0 Å². The molecular formula is C21H32O5. The molecule has 3 atom stereocenters. The molecule has 0 aromatic rings. The third-order valence-electron chi connectivity index (χ3n) is 4.88. The van der Waals surface area contributed by atoms with Crippen molar-refractivity contribution in [2.45, 2.75) is 77.2 Å². The summed E-state index contributed by atoms with van der Waals surface area (Å²) in [7, 11) is 0. The number of carboxylic acid groups (broad SMARTS) is 1. The van der Waals surface area contributed by atoms with Crippen LogP contribution in [0, 0.1) is 11.8 Å². The molecule has 0 saturated carbocycles. The zero-order valence-electron chi connectivity index (χ0n) is 15.7. The molecule has 146 valence electrons. The maximum absolute atomic E-state index is 12.0. The lowest BCUT2D eigenvalue weighted by molar-refractivity contribution is -0.149. The lowest BCUT2D eigenvalue weighted by atomic mass is 9.88. The number of hydrogen-bond acceptors (Lipinski definition) is 4. The summed E-state index contributed by atoms with van der Waals surface area (Å²) in [5.41, 5.74) is 0. The average Bonchev–Trinajstić information content (AvgIpc) is 2.96. The molecule has 0 amide bonds. The fourth-order valence-electron chi connectivity index (χ4n) is 3.25. The Kier molecular flexibility index (Phi) is 10.8. The zero-order valence-corrected chi connectivity index (χ0v) is 15.7. The summed E-state index contributed by atoms with van der Waals surface area (Å²) in [5.74, 6) is -1.96. The summed E-state index contributed by atoms with van der Waals surface area (Å²) in [6.45, 7) is 2.13. The van der Waals surface area contributed by atoms with Crippen molar-refractivity contribution in [3.05, 3.63) is 24.3 Å². The van der Waals surface area contributed by atoms with Crippen LogP contribution < -0.4 is 0 Å². The van der Waals surface area contributed by atoms with E-state index >= 15 is 0 Å². The number of aliphatic hydroxyl groups is 1. The van der Waals surface area contributed by atoms with Crippen LogP contribution in [0.2, 0.25) is 0 Å². The lowest BCUT2D eigenvalue weighted by Gasteiger charge is -2.15. The number of carbonyl (C=O) groups is 3. The molecule has 0 spiro atoms. The molecule has 1 rings (SSSR count). The number of carboxylic acids is 1. The van der Waals surface area contributed by atoms with Gasteiger partial charge in [0.25, 0.3) is 0 Å². The quantitative estimate of drug-likeness (QED) is 0.277. The highest BCUT2D eigenvalue weighted by Crippen LogP contribution is 2.29. The van der Waals surface area contributed by atoms with Crippen molar-refractivity contribution in [2.24, 2.45) is 11.8 Å². The second-order valence-corrected chi connectivity index (χ2v) is 7.07. The third kappa shape index (κ3) is 8.56. The van der Waals surface area contributed by atoms with E-state index in [1.165, 1.54) is 0 Å². The molecule has 3 unspecified atom stereocenters. The molecule has 0 saturated heterocycles. The summed E-state index contributed by atoms with van der Waals surface area (Å²) in [4.78, 5) is 33.5. The minimum atomic E-state index is -1.36. The van der Waals surface area contributed by atoms with Crippen LogP contribution in [-0.2, 0) is 14.4 Å². The van der Waals surface area contributed by atoms with Crippen LogP contribution in [0.25, 0.3) is 0 Å². The van der Waals surface area contributed by atoms with Gasteiger partial charge in [0.2, 0.25) is 5.78 Å². The zero-order chi connectivity index (χ0) is 19.4. The molecule has 0 aliphatic heterocycles. The van der Waals surface area contributed by atoms with E-state index in [0.29, 0.717) is 6.42 Å². The molecule has 0 aromatic heterocycles. The highest BCUT2D eigenvalue weighted by molar-refractivity contribution is 6.32. The minimum Gasteiger partial charge on any atom is -0.476 e. The van der Waals surface area contributed by atoms with Gasteiger partial charge in [0.05, 0.1) is 6.10 Å². The molecule has 5 nitrogen and oxygen atoms in total. The maximum Gasteiger partial charge on any atom is 0.372 e. The summed E-state index contributed by atoms with van der Waals surface area (Å²) >= 11 is 0. The number of carbonyl (C=O) groups excluding carboxylic acids is 2. The molecule has 0 fully saturated rings. The number of aliphatic hydroxyl groups excluding tert-OH is 1. The van der Waals surface area contributed by atoms with Crippen LogP contribution in [0.1, 0.15) is 71.1 Å². The van der Waals surface area contributed by atoms with Gasteiger partial charge in [-0.2, -0.15) is 0 Å². The van der Waals surface area contributed by atoms with Crippen molar-refractivity contribution in [3.63, 3.8) is 0 Å². The molecule has 1 aliphatic carbocycles. The van der Waals surface area contributed by atoms with E-state index in [1.54, 1.807) is 6.08 Å². The maximum atomic E-state index is 12.0. The molecular weight excluding hydrogens is 332 g/mol. The van der Waals surface area contributed by atoms with Crippen molar-refractivity contribution in [1.82, 2.24) is 0 Å². The Morgan fingerprint density at radius 1 is 1.15 bits per heavy atom. The number of aliphatic carboxylic acids is 1. The first kappa shape index (κ1) is 22.3. The Bertz CT molecular complexity index is 520. The predicted molar refractivity (Wildman–Crippen MR) is 101 cm³/mol. The Balaban J connectivity index is 2.28. The molecule has 0 radical (unpaired) electrons. The number of hydrogen-bond donors (Lipinski definition) is 2. The van der Waals surface area contributed by atoms with Crippen molar-refractivity contribution in [3.8, 4) is 0 Å². The average molecular weight is 364 g/mol. The predicted octanol–water partition coefficient (Wildman–Crippen LogP) is 3.85. The van der Waals surface area contributed by atoms with Gasteiger partial charge < -0.3 is 10.2 Å². The van der Waals surface area contributed by atoms with E-state index in [-0.39, 0.29) is 24.0 Å². The third-order valence-corrected chi connectivity index (χ3v) is 4.88. The standard InChI is InChI=1S/C21H32O5/c1-2-3-6-9-17(22)14-12-16-13-15-19(23)18(16)10-7-4-5-8-11-20(24)21(25)26/h12-18,22H,2-11H2,1H3,(H,25,26). The number of unbranched alkanes of at least 4 members (excludes halogenated alkanes) is 5. The van der Waals surface area contributed by atoms with Crippen LogP contribution in [0.5, 0.6) is 0 Å². The topological polar surface area (TPSA) is 91.7 Å². The second kappa shape index (κ2) is 12.6. The molecule has 1 aliphatic rings. The molecule has 0 heterocycles. The van der Waals surface area contributed by atoms with Crippen LogP contribution in [0.15, 0.2) is 24.3 Å². The van der Waals surface area contributed by atoms with E-state index in [1.807, 2.05) is 18.2 Å². The first-order valence-corrected chi connectivity index (χ1v) is 9.80. The van der Waals surface area contributed by atoms with E-state index in [9.17, 15) is 19.5 Å². The van der Waals surface area contributed by atoms with Gasteiger partial charge in [-0.25, -0.2) is 4.79 Å². The summed E-state index contributed by atoms with van der Waals surface area (Å²) in [5, 5.41) is 18.5. The fraction of sp³-hybridized carbons (Fsp3) is 0.667. The summed E-state index contributed by atoms with van der Waals surface area (Å²) in [6, 6.07) is 0. The van der Waals surface area contributed by atoms with Gasteiger partial charge in [0, 0.05) is 18.3 Å². The number of Topliss-reactive ketones (excluding diaryl/α,β-unsaturated/α-hetero) is 1. The Hall–Kier alpha value is -1.75. The Morgan fingerprint density at radius 3 is 2.58 bits per heavy atom. The SMILES string of the molecule is CCCCCC(O)C=CC1C=CC(=O)C1CCCCCCC(=O)C(=O)O. The van der Waals surface area contributed by atoms with Crippen molar-refractivity contribution < 1.29 is 24.6 Å².